The molecule has 0 radical (unpaired) electrons. The van der Waals surface area contributed by atoms with Gasteiger partial charge in [-0.25, -0.2) is 9.67 Å². The van der Waals surface area contributed by atoms with Crippen LogP contribution in [0.5, 0.6) is 0 Å². The Labute approximate surface area is 172 Å². The van der Waals surface area contributed by atoms with E-state index in [0.717, 1.165) is 49.3 Å². The molecule has 1 saturated heterocycles. The average Bonchev–Trinajstić information content (AvgIpc) is 3.17. The minimum Gasteiger partial charge on any atom is -0.333 e. The van der Waals surface area contributed by atoms with Crippen molar-refractivity contribution in [2.75, 3.05) is 6.54 Å². The summed E-state index contributed by atoms with van der Waals surface area (Å²) in [7, 11) is 0. The van der Waals surface area contributed by atoms with Crippen LogP contribution in [0.3, 0.4) is 0 Å². The van der Waals surface area contributed by atoms with Gasteiger partial charge in [0.1, 0.15) is 5.82 Å². The molecule has 1 fully saturated rings. The van der Waals surface area contributed by atoms with Gasteiger partial charge in [-0.3, -0.25) is 4.79 Å². The zero-order chi connectivity index (χ0) is 20.2. The van der Waals surface area contributed by atoms with Crippen LogP contribution >= 0.6 is 0 Å². The third-order valence-electron chi connectivity index (χ3n) is 5.66. The molecule has 2 aromatic carbocycles. The summed E-state index contributed by atoms with van der Waals surface area (Å²) in [6.07, 6.45) is 4.87. The van der Waals surface area contributed by atoms with E-state index in [9.17, 15) is 4.79 Å². The normalized spacial score (nSPS) is 16.8. The molecule has 0 spiro atoms. The molecule has 0 bridgehead atoms. The summed E-state index contributed by atoms with van der Waals surface area (Å²) >= 11 is 0. The maximum atomic E-state index is 13.1. The molecule has 2 heterocycles. The molecular formula is C24H28N4O. The number of carbonyl (C=O) groups excluding carboxylic acids is 1. The monoisotopic (exact) mass is 388 g/mol. The van der Waals surface area contributed by atoms with E-state index >= 15 is 0 Å². The van der Waals surface area contributed by atoms with Crippen molar-refractivity contribution in [2.24, 2.45) is 0 Å². The Morgan fingerprint density at radius 3 is 2.66 bits per heavy atom. The highest BCUT2D eigenvalue weighted by atomic mass is 16.2. The maximum Gasteiger partial charge on any atom is 0.293 e. The number of amides is 1. The van der Waals surface area contributed by atoms with E-state index in [4.69, 9.17) is 4.98 Å². The second kappa shape index (κ2) is 8.60. The SMILES string of the molecule is Cc1cccc(-n2nc(C(=O)N3CCCC[C@H]3C)nc2CCc2ccccc2)c1. The molecule has 0 saturated carbocycles. The fourth-order valence-electron chi connectivity index (χ4n) is 3.99. The Morgan fingerprint density at radius 2 is 1.90 bits per heavy atom. The minimum absolute atomic E-state index is 0.0513. The first-order valence-electron chi connectivity index (χ1n) is 10.5. The molecule has 3 aromatic rings. The van der Waals surface area contributed by atoms with E-state index in [1.165, 1.54) is 12.0 Å². The van der Waals surface area contributed by atoms with E-state index in [0.29, 0.717) is 5.82 Å². The lowest BCUT2D eigenvalue weighted by Crippen LogP contribution is -2.42. The molecule has 1 aliphatic heterocycles. The van der Waals surface area contributed by atoms with Gasteiger partial charge in [0.25, 0.3) is 5.91 Å². The van der Waals surface area contributed by atoms with Crippen molar-refractivity contribution in [1.29, 1.82) is 0 Å². The van der Waals surface area contributed by atoms with Crippen molar-refractivity contribution in [3.63, 3.8) is 0 Å². The molecule has 29 heavy (non-hydrogen) atoms. The van der Waals surface area contributed by atoms with Crippen molar-refractivity contribution in [3.05, 3.63) is 77.4 Å². The first-order chi connectivity index (χ1) is 14.1. The van der Waals surface area contributed by atoms with Crippen molar-refractivity contribution in [2.45, 2.75) is 52.0 Å². The number of aromatic nitrogens is 3. The molecule has 5 nitrogen and oxygen atoms in total. The van der Waals surface area contributed by atoms with Crippen LogP contribution in [0.2, 0.25) is 0 Å². The van der Waals surface area contributed by atoms with Gasteiger partial charge < -0.3 is 4.90 Å². The van der Waals surface area contributed by atoms with Gasteiger partial charge in [0.15, 0.2) is 0 Å². The fraction of sp³-hybridized carbons (Fsp3) is 0.375. The number of piperidine rings is 1. The number of carbonyl (C=O) groups is 1. The molecule has 150 valence electrons. The second-order valence-electron chi connectivity index (χ2n) is 7.93. The van der Waals surface area contributed by atoms with E-state index in [1.807, 2.05) is 39.9 Å². The van der Waals surface area contributed by atoms with E-state index in [2.05, 4.69) is 43.2 Å². The molecule has 0 N–H and O–H groups in total. The van der Waals surface area contributed by atoms with Crippen LogP contribution in [0, 0.1) is 6.92 Å². The largest absolute Gasteiger partial charge is 0.333 e. The molecule has 1 atom stereocenters. The Hall–Kier alpha value is -2.95. The van der Waals surface area contributed by atoms with Gasteiger partial charge in [0.2, 0.25) is 5.82 Å². The second-order valence-corrected chi connectivity index (χ2v) is 7.93. The lowest BCUT2D eigenvalue weighted by molar-refractivity contribution is 0.0623. The van der Waals surface area contributed by atoms with Gasteiger partial charge in [0, 0.05) is 19.0 Å². The Kier molecular flexibility index (Phi) is 5.74. The lowest BCUT2D eigenvalue weighted by Gasteiger charge is -2.32. The van der Waals surface area contributed by atoms with Crippen LogP contribution < -0.4 is 0 Å². The number of rotatable bonds is 5. The van der Waals surface area contributed by atoms with Crippen molar-refractivity contribution in [3.8, 4) is 5.69 Å². The number of nitrogens with zero attached hydrogens (tertiary/aromatic N) is 4. The lowest BCUT2D eigenvalue weighted by atomic mass is 10.0. The Bertz CT molecular complexity index is 980. The fourth-order valence-corrected chi connectivity index (χ4v) is 3.99. The summed E-state index contributed by atoms with van der Waals surface area (Å²) in [5.74, 6) is 1.08. The topological polar surface area (TPSA) is 51.0 Å². The van der Waals surface area contributed by atoms with Gasteiger partial charge in [-0.1, -0.05) is 42.5 Å². The summed E-state index contributed by atoms with van der Waals surface area (Å²) in [5, 5.41) is 4.66. The average molecular weight is 389 g/mol. The number of aryl methyl sites for hydroxylation is 3. The maximum absolute atomic E-state index is 13.1. The first-order valence-corrected chi connectivity index (χ1v) is 10.5. The third kappa shape index (κ3) is 4.39. The van der Waals surface area contributed by atoms with Crippen LogP contribution in [0.1, 0.15) is 53.8 Å². The van der Waals surface area contributed by atoms with Gasteiger partial charge in [-0.2, -0.15) is 0 Å². The number of hydrogen-bond acceptors (Lipinski definition) is 3. The Balaban J connectivity index is 1.65. The van der Waals surface area contributed by atoms with Gasteiger partial charge in [-0.05, 0) is 62.8 Å². The van der Waals surface area contributed by atoms with Crippen LogP contribution in [-0.2, 0) is 12.8 Å². The summed E-state index contributed by atoms with van der Waals surface area (Å²) in [4.78, 5) is 19.8. The highest BCUT2D eigenvalue weighted by molar-refractivity contribution is 5.90. The van der Waals surface area contributed by atoms with E-state index in [-0.39, 0.29) is 11.9 Å². The third-order valence-corrected chi connectivity index (χ3v) is 5.66. The highest BCUT2D eigenvalue weighted by Crippen LogP contribution is 2.20. The molecular weight excluding hydrogens is 360 g/mol. The van der Waals surface area contributed by atoms with Crippen LogP contribution in [0.4, 0.5) is 0 Å². The van der Waals surface area contributed by atoms with Crippen LogP contribution in [0.15, 0.2) is 54.6 Å². The van der Waals surface area contributed by atoms with Crippen molar-refractivity contribution >= 4 is 5.91 Å². The summed E-state index contributed by atoms with van der Waals surface area (Å²) in [6, 6.07) is 18.8. The number of likely N-dealkylation sites (tertiary alicyclic amines) is 1. The molecule has 4 rings (SSSR count). The Morgan fingerprint density at radius 1 is 1.07 bits per heavy atom. The standard InChI is InChI=1S/C24H28N4O/c1-18-9-8-13-21(17-18)28-22(15-14-20-11-4-3-5-12-20)25-23(26-28)24(29)27-16-7-6-10-19(27)2/h3-5,8-9,11-13,17,19H,6-7,10,14-16H2,1-2H3/t19-/m1/s1. The van der Waals surface area contributed by atoms with E-state index in [1.54, 1.807) is 0 Å². The summed E-state index contributed by atoms with van der Waals surface area (Å²) in [5.41, 5.74) is 3.36. The van der Waals surface area contributed by atoms with Crippen LogP contribution in [0.25, 0.3) is 5.69 Å². The van der Waals surface area contributed by atoms with Crippen molar-refractivity contribution in [1.82, 2.24) is 19.7 Å². The zero-order valence-corrected chi connectivity index (χ0v) is 17.2. The molecule has 1 aliphatic rings. The van der Waals surface area contributed by atoms with Crippen LogP contribution in [-0.4, -0.2) is 38.2 Å². The van der Waals surface area contributed by atoms with Gasteiger partial charge in [-0.15, -0.1) is 5.10 Å². The molecule has 0 unspecified atom stereocenters. The summed E-state index contributed by atoms with van der Waals surface area (Å²) in [6.45, 7) is 4.97. The quantitative estimate of drug-likeness (QED) is 0.652. The molecule has 5 heteroatoms. The molecule has 1 aromatic heterocycles. The smallest absolute Gasteiger partial charge is 0.293 e. The first kappa shape index (κ1) is 19.4. The minimum atomic E-state index is -0.0513. The molecule has 1 amide bonds. The summed E-state index contributed by atoms with van der Waals surface area (Å²) < 4.78 is 1.85. The zero-order valence-electron chi connectivity index (χ0n) is 17.2. The predicted octanol–water partition coefficient (Wildman–Crippen LogP) is 4.38. The van der Waals surface area contributed by atoms with E-state index < -0.39 is 0 Å². The predicted molar refractivity (Wildman–Crippen MR) is 114 cm³/mol. The molecule has 0 aliphatic carbocycles. The number of benzene rings is 2. The highest BCUT2D eigenvalue weighted by Gasteiger charge is 2.28. The number of hydrogen-bond donors (Lipinski definition) is 0. The van der Waals surface area contributed by atoms with Gasteiger partial charge in [0.05, 0.1) is 5.69 Å². The van der Waals surface area contributed by atoms with Crippen molar-refractivity contribution < 1.29 is 4.79 Å². The van der Waals surface area contributed by atoms with Gasteiger partial charge >= 0.3 is 0 Å².